The summed E-state index contributed by atoms with van der Waals surface area (Å²) >= 11 is 5.68. The molecule has 0 spiro atoms. The highest BCUT2D eigenvalue weighted by atomic mass is 35.5. The zero-order valence-corrected chi connectivity index (χ0v) is 10.1. The molecule has 0 saturated carbocycles. The van der Waals surface area contributed by atoms with Crippen molar-refractivity contribution in [2.75, 3.05) is 6.61 Å². The second-order valence-electron chi connectivity index (χ2n) is 3.52. The summed E-state index contributed by atoms with van der Waals surface area (Å²) in [7, 11) is 0. The molecular formula is C13H13ClO3. The van der Waals surface area contributed by atoms with Crippen molar-refractivity contribution in [3.05, 3.63) is 52.9 Å². The van der Waals surface area contributed by atoms with Crippen molar-refractivity contribution in [3.8, 4) is 5.75 Å². The van der Waals surface area contributed by atoms with Gasteiger partial charge in [0, 0.05) is 5.56 Å². The molecule has 1 heterocycles. The van der Waals surface area contributed by atoms with E-state index in [1.54, 1.807) is 18.2 Å². The summed E-state index contributed by atoms with van der Waals surface area (Å²) in [5.41, 5.74) is 0.667. The Bertz CT molecular complexity index is 493. The van der Waals surface area contributed by atoms with Crippen LogP contribution in [0.2, 0.25) is 5.22 Å². The summed E-state index contributed by atoms with van der Waals surface area (Å²) in [4.78, 5) is 0. The van der Waals surface area contributed by atoms with Crippen molar-refractivity contribution in [1.82, 2.24) is 0 Å². The largest absolute Gasteiger partial charge is 0.493 e. The predicted molar refractivity (Wildman–Crippen MR) is 65.4 cm³/mol. The summed E-state index contributed by atoms with van der Waals surface area (Å²) in [5.74, 6) is 1.05. The van der Waals surface area contributed by atoms with Crippen LogP contribution in [-0.4, -0.2) is 11.7 Å². The van der Waals surface area contributed by atoms with Crippen LogP contribution in [-0.2, 0) is 0 Å². The molecule has 1 atom stereocenters. The Morgan fingerprint density at radius 3 is 2.71 bits per heavy atom. The van der Waals surface area contributed by atoms with Crippen molar-refractivity contribution < 1.29 is 14.3 Å². The number of furan rings is 1. The number of benzene rings is 1. The fourth-order valence-electron chi connectivity index (χ4n) is 1.62. The monoisotopic (exact) mass is 252 g/mol. The molecule has 2 aromatic rings. The fourth-order valence-corrected chi connectivity index (χ4v) is 1.77. The van der Waals surface area contributed by atoms with E-state index < -0.39 is 6.10 Å². The van der Waals surface area contributed by atoms with Gasteiger partial charge in [0.2, 0.25) is 0 Å². The molecule has 0 bridgehead atoms. The highest BCUT2D eigenvalue weighted by molar-refractivity contribution is 6.28. The topological polar surface area (TPSA) is 42.6 Å². The molecule has 4 heteroatoms. The van der Waals surface area contributed by atoms with Gasteiger partial charge in [0.15, 0.2) is 5.22 Å². The van der Waals surface area contributed by atoms with Crippen molar-refractivity contribution in [1.29, 1.82) is 0 Å². The van der Waals surface area contributed by atoms with E-state index in [4.69, 9.17) is 20.8 Å². The van der Waals surface area contributed by atoms with Crippen LogP contribution in [0.3, 0.4) is 0 Å². The van der Waals surface area contributed by atoms with Crippen LogP contribution in [0.15, 0.2) is 40.8 Å². The van der Waals surface area contributed by atoms with Gasteiger partial charge in [-0.1, -0.05) is 18.2 Å². The van der Waals surface area contributed by atoms with Crippen molar-refractivity contribution >= 4 is 11.6 Å². The Morgan fingerprint density at radius 1 is 1.29 bits per heavy atom. The van der Waals surface area contributed by atoms with Gasteiger partial charge in [0.25, 0.3) is 0 Å². The van der Waals surface area contributed by atoms with Crippen LogP contribution in [0.25, 0.3) is 0 Å². The number of hydrogen-bond donors (Lipinski definition) is 1. The molecule has 2 rings (SSSR count). The Hall–Kier alpha value is -1.45. The molecule has 0 radical (unpaired) electrons. The van der Waals surface area contributed by atoms with Crippen LogP contribution < -0.4 is 4.74 Å². The van der Waals surface area contributed by atoms with Crippen LogP contribution >= 0.6 is 11.6 Å². The minimum Gasteiger partial charge on any atom is -0.493 e. The van der Waals surface area contributed by atoms with Gasteiger partial charge in [-0.15, -0.1) is 0 Å². The van der Waals surface area contributed by atoms with Crippen LogP contribution in [0.5, 0.6) is 5.75 Å². The smallest absolute Gasteiger partial charge is 0.193 e. The number of aliphatic hydroxyl groups is 1. The molecule has 0 fully saturated rings. The molecular weight excluding hydrogens is 240 g/mol. The fraction of sp³-hybridized carbons (Fsp3) is 0.231. The first-order valence-corrected chi connectivity index (χ1v) is 5.75. The van der Waals surface area contributed by atoms with Gasteiger partial charge in [0.05, 0.1) is 6.61 Å². The lowest BCUT2D eigenvalue weighted by Crippen LogP contribution is -2.02. The quantitative estimate of drug-likeness (QED) is 0.907. The summed E-state index contributed by atoms with van der Waals surface area (Å²) in [5, 5.41) is 10.4. The molecule has 90 valence electrons. The van der Waals surface area contributed by atoms with Gasteiger partial charge in [-0.05, 0) is 36.7 Å². The molecule has 0 aliphatic heterocycles. The molecule has 3 nitrogen and oxygen atoms in total. The number of ether oxygens (including phenoxy) is 1. The second kappa shape index (κ2) is 5.25. The lowest BCUT2D eigenvalue weighted by atomic mass is 10.1. The first kappa shape index (κ1) is 12.0. The minimum atomic E-state index is -0.870. The molecule has 0 saturated heterocycles. The summed E-state index contributed by atoms with van der Waals surface area (Å²) in [6, 6.07) is 10.6. The molecule has 1 aromatic heterocycles. The minimum absolute atomic E-state index is 0.257. The Kier molecular flexibility index (Phi) is 3.71. The third-order valence-corrected chi connectivity index (χ3v) is 2.58. The molecule has 17 heavy (non-hydrogen) atoms. The maximum absolute atomic E-state index is 10.2. The molecule has 0 aliphatic carbocycles. The third-order valence-electron chi connectivity index (χ3n) is 2.38. The van der Waals surface area contributed by atoms with Crippen LogP contribution in [0.1, 0.15) is 24.4 Å². The maximum atomic E-state index is 10.2. The van der Waals surface area contributed by atoms with Gasteiger partial charge in [-0.3, -0.25) is 0 Å². The summed E-state index contributed by atoms with van der Waals surface area (Å²) < 4.78 is 10.6. The van der Waals surface area contributed by atoms with Crippen molar-refractivity contribution in [3.63, 3.8) is 0 Å². The number of hydrogen-bond acceptors (Lipinski definition) is 3. The second-order valence-corrected chi connectivity index (χ2v) is 3.89. The molecule has 1 aromatic carbocycles. The van der Waals surface area contributed by atoms with Gasteiger partial charge >= 0.3 is 0 Å². The summed E-state index contributed by atoms with van der Waals surface area (Å²) in [6.07, 6.45) is -0.870. The van der Waals surface area contributed by atoms with E-state index in [2.05, 4.69) is 0 Å². The third kappa shape index (κ3) is 2.62. The van der Waals surface area contributed by atoms with Crippen molar-refractivity contribution in [2.24, 2.45) is 0 Å². The van der Waals surface area contributed by atoms with E-state index in [9.17, 15) is 5.11 Å². The van der Waals surface area contributed by atoms with E-state index in [1.807, 2.05) is 25.1 Å². The zero-order valence-electron chi connectivity index (χ0n) is 9.39. The van der Waals surface area contributed by atoms with E-state index >= 15 is 0 Å². The predicted octanol–water partition coefficient (Wildman–Crippen LogP) is 3.41. The van der Waals surface area contributed by atoms with Gasteiger partial charge in [-0.2, -0.15) is 0 Å². The number of halogens is 1. The lowest BCUT2D eigenvalue weighted by Gasteiger charge is -2.13. The number of rotatable bonds is 4. The van der Waals surface area contributed by atoms with Gasteiger partial charge in [-0.25, -0.2) is 0 Å². The maximum Gasteiger partial charge on any atom is 0.193 e. The Morgan fingerprint density at radius 2 is 2.06 bits per heavy atom. The van der Waals surface area contributed by atoms with Crippen LogP contribution in [0, 0.1) is 0 Å². The number of para-hydroxylation sites is 1. The molecule has 1 unspecified atom stereocenters. The zero-order chi connectivity index (χ0) is 12.3. The average molecular weight is 253 g/mol. The summed E-state index contributed by atoms with van der Waals surface area (Å²) in [6.45, 7) is 2.44. The van der Waals surface area contributed by atoms with E-state index in [0.717, 1.165) is 0 Å². The Labute approximate surface area is 105 Å². The number of aliphatic hydroxyl groups excluding tert-OH is 1. The standard InChI is InChI=1S/C13H13ClO3/c1-2-16-10-6-4-3-5-9(10)13(15)11-7-8-12(14)17-11/h3-8,13,15H,2H2,1H3. The Balaban J connectivity index is 2.33. The first-order chi connectivity index (χ1) is 8.22. The van der Waals surface area contributed by atoms with Gasteiger partial charge in [0.1, 0.15) is 17.6 Å². The lowest BCUT2D eigenvalue weighted by molar-refractivity contribution is 0.183. The van der Waals surface area contributed by atoms with Crippen molar-refractivity contribution in [2.45, 2.75) is 13.0 Å². The SMILES string of the molecule is CCOc1ccccc1C(O)c1ccc(Cl)o1. The highest BCUT2D eigenvalue weighted by Gasteiger charge is 2.18. The molecule has 1 N–H and O–H groups in total. The highest BCUT2D eigenvalue weighted by Crippen LogP contribution is 2.31. The average Bonchev–Trinajstić information content (AvgIpc) is 2.76. The first-order valence-electron chi connectivity index (χ1n) is 5.37. The molecule has 0 amide bonds. The van der Waals surface area contributed by atoms with Gasteiger partial charge < -0.3 is 14.3 Å². The van der Waals surface area contributed by atoms with E-state index in [-0.39, 0.29) is 5.22 Å². The van der Waals surface area contributed by atoms with E-state index in [1.165, 1.54) is 0 Å². The van der Waals surface area contributed by atoms with E-state index in [0.29, 0.717) is 23.7 Å². The molecule has 0 aliphatic rings. The van der Waals surface area contributed by atoms with Crippen LogP contribution in [0.4, 0.5) is 0 Å². The normalized spacial score (nSPS) is 12.4.